The fraction of sp³-hybridized carbons (Fsp3) is 0.333. The van der Waals surface area contributed by atoms with Crippen LogP contribution in [0.15, 0.2) is 29.6 Å². The van der Waals surface area contributed by atoms with Gasteiger partial charge in [0.2, 0.25) is 5.91 Å². The first-order valence-electron chi connectivity index (χ1n) is 6.48. The minimum Gasteiger partial charge on any atom is -0.496 e. The highest BCUT2D eigenvalue weighted by Crippen LogP contribution is 2.17. The Kier molecular flexibility index (Phi) is 5.12. The lowest BCUT2D eigenvalue weighted by Crippen LogP contribution is -2.27. The van der Waals surface area contributed by atoms with Crippen LogP contribution in [-0.2, 0) is 17.6 Å². The Hall–Kier alpha value is -1.88. The number of carbonyl (C=O) groups is 1. The van der Waals surface area contributed by atoms with E-state index in [-0.39, 0.29) is 5.91 Å². The Morgan fingerprint density at radius 1 is 1.40 bits per heavy atom. The van der Waals surface area contributed by atoms with Crippen LogP contribution in [0.2, 0.25) is 0 Å². The molecule has 0 atom stereocenters. The molecule has 0 saturated heterocycles. The number of rotatable bonds is 6. The Morgan fingerprint density at radius 3 is 2.90 bits per heavy atom. The van der Waals surface area contributed by atoms with Gasteiger partial charge in [0.05, 0.1) is 18.5 Å². The van der Waals surface area contributed by atoms with Crippen LogP contribution >= 0.6 is 11.3 Å². The van der Waals surface area contributed by atoms with E-state index in [0.29, 0.717) is 13.0 Å². The quantitative estimate of drug-likeness (QED) is 0.888. The van der Waals surface area contributed by atoms with E-state index >= 15 is 0 Å². The number of para-hydroxylation sites is 1. The lowest BCUT2D eigenvalue weighted by atomic mass is 10.1. The van der Waals surface area contributed by atoms with Gasteiger partial charge in [0.25, 0.3) is 0 Å². The summed E-state index contributed by atoms with van der Waals surface area (Å²) in [5.74, 6) is 0.751. The molecule has 0 unspecified atom stereocenters. The van der Waals surface area contributed by atoms with E-state index in [1.54, 1.807) is 18.4 Å². The van der Waals surface area contributed by atoms with Crippen LogP contribution in [0, 0.1) is 6.92 Å². The average Bonchev–Trinajstić information content (AvgIpc) is 2.85. The highest BCUT2D eigenvalue weighted by Gasteiger charge is 2.08. The maximum atomic E-state index is 11.9. The standard InChI is InChI=1S/C15H18N2O2S/c1-11-10-20-15(17-11)7-8-16-14(18)9-12-5-3-4-6-13(12)19-2/h3-6,10H,7-9H2,1-2H3,(H,16,18). The van der Waals surface area contributed by atoms with E-state index in [0.717, 1.165) is 28.4 Å². The number of methoxy groups -OCH3 is 1. The van der Waals surface area contributed by atoms with Gasteiger partial charge in [0.1, 0.15) is 5.75 Å². The molecule has 1 aromatic heterocycles. The molecular formula is C15H18N2O2S. The number of hydrogen-bond acceptors (Lipinski definition) is 4. The van der Waals surface area contributed by atoms with Crippen LogP contribution in [0.3, 0.4) is 0 Å². The summed E-state index contributed by atoms with van der Waals surface area (Å²) in [5, 5.41) is 5.99. The summed E-state index contributed by atoms with van der Waals surface area (Å²) < 4.78 is 5.23. The fourth-order valence-corrected chi connectivity index (χ4v) is 2.69. The van der Waals surface area contributed by atoms with E-state index in [2.05, 4.69) is 10.3 Å². The first-order chi connectivity index (χ1) is 9.69. The van der Waals surface area contributed by atoms with Gasteiger partial charge in [0.15, 0.2) is 0 Å². The predicted octanol–water partition coefficient (Wildman–Crippen LogP) is 2.36. The largest absolute Gasteiger partial charge is 0.496 e. The molecule has 2 rings (SSSR count). The fourth-order valence-electron chi connectivity index (χ4n) is 1.91. The normalized spacial score (nSPS) is 10.3. The second kappa shape index (κ2) is 7.05. The number of hydrogen-bond donors (Lipinski definition) is 1. The summed E-state index contributed by atoms with van der Waals surface area (Å²) in [6, 6.07) is 7.57. The molecule has 0 radical (unpaired) electrons. The average molecular weight is 290 g/mol. The summed E-state index contributed by atoms with van der Waals surface area (Å²) in [4.78, 5) is 16.3. The Bertz CT molecular complexity index is 581. The second-order valence-electron chi connectivity index (χ2n) is 4.47. The second-order valence-corrected chi connectivity index (χ2v) is 5.41. The summed E-state index contributed by atoms with van der Waals surface area (Å²) in [6.07, 6.45) is 1.11. The molecule has 0 spiro atoms. The molecule has 0 aliphatic heterocycles. The maximum Gasteiger partial charge on any atom is 0.224 e. The number of nitrogens with one attached hydrogen (secondary N) is 1. The molecule has 0 bridgehead atoms. The number of ether oxygens (including phenoxy) is 1. The zero-order valence-corrected chi connectivity index (χ0v) is 12.5. The lowest BCUT2D eigenvalue weighted by molar-refractivity contribution is -0.120. The zero-order chi connectivity index (χ0) is 14.4. The van der Waals surface area contributed by atoms with Crippen LogP contribution in [0.1, 0.15) is 16.3 Å². The van der Waals surface area contributed by atoms with Crippen molar-refractivity contribution in [2.45, 2.75) is 19.8 Å². The molecule has 1 N–H and O–H groups in total. The van der Waals surface area contributed by atoms with Crippen molar-refractivity contribution in [3.8, 4) is 5.75 Å². The molecular weight excluding hydrogens is 272 g/mol. The number of thiazole rings is 1. The van der Waals surface area contributed by atoms with Crippen molar-refractivity contribution >= 4 is 17.2 Å². The Labute approximate surface area is 122 Å². The third kappa shape index (κ3) is 4.06. The van der Waals surface area contributed by atoms with E-state index < -0.39 is 0 Å². The van der Waals surface area contributed by atoms with Crippen molar-refractivity contribution in [3.05, 3.63) is 45.9 Å². The molecule has 1 heterocycles. The molecule has 1 aromatic carbocycles. The van der Waals surface area contributed by atoms with E-state index in [1.807, 2.05) is 36.6 Å². The van der Waals surface area contributed by atoms with Gasteiger partial charge in [0, 0.05) is 29.6 Å². The Morgan fingerprint density at radius 2 is 2.20 bits per heavy atom. The van der Waals surface area contributed by atoms with Crippen LogP contribution in [0.4, 0.5) is 0 Å². The molecule has 1 amide bonds. The first-order valence-corrected chi connectivity index (χ1v) is 7.36. The molecule has 0 aliphatic carbocycles. The summed E-state index contributed by atoms with van der Waals surface area (Å²) in [5.41, 5.74) is 1.93. The summed E-state index contributed by atoms with van der Waals surface area (Å²) >= 11 is 1.63. The van der Waals surface area contributed by atoms with Crippen molar-refractivity contribution in [2.24, 2.45) is 0 Å². The molecule has 0 aliphatic rings. The number of nitrogens with zero attached hydrogens (tertiary/aromatic N) is 1. The molecule has 0 saturated carbocycles. The van der Waals surface area contributed by atoms with Crippen LogP contribution in [-0.4, -0.2) is 24.5 Å². The van der Waals surface area contributed by atoms with Crippen LogP contribution in [0.25, 0.3) is 0 Å². The van der Waals surface area contributed by atoms with E-state index in [1.165, 1.54) is 0 Å². The third-order valence-corrected chi connectivity index (χ3v) is 3.90. The number of amides is 1. The van der Waals surface area contributed by atoms with Crippen molar-refractivity contribution < 1.29 is 9.53 Å². The number of aromatic nitrogens is 1. The monoisotopic (exact) mass is 290 g/mol. The smallest absolute Gasteiger partial charge is 0.224 e. The molecule has 20 heavy (non-hydrogen) atoms. The number of aryl methyl sites for hydroxylation is 1. The SMILES string of the molecule is COc1ccccc1CC(=O)NCCc1nc(C)cs1. The third-order valence-electron chi connectivity index (χ3n) is 2.87. The maximum absolute atomic E-state index is 11.9. The number of carbonyl (C=O) groups excluding carboxylic acids is 1. The van der Waals surface area contributed by atoms with Crippen molar-refractivity contribution in [1.82, 2.24) is 10.3 Å². The van der Waals surface area contributed by atoms with Gasteiger partial charge >= 0.3 is 0 Å². The molecule has 2 aromatic rings. The molecule has 4 nitrogen and oxygen atoms in total. The van der Waals surface area contributed by atoms with Crippen molar-refractivity contribution in [3.63, 3.8) is 0 Å². The van der Waals surface area contributed by atoms with Crippen molar-refractivity contribution in [1.29, 1.82) is 0 Å². The highest BCUT2D eigenvalue weighted by atomic mass is 32.1. The van der Waals surface area contributed by atoms with E-state index in [4.69, 9.17) is 4.74 Å². The van der Waals surface area contributed by atoms with Gasteiger partial charge < -0.3 is 10.1 Å². The first kappa shape index (κ1) is 14.5. The predicted molar refractivity (Wildman–Crippen MR) is 80.3 cm³/mol. The molecule has 5 heteroatoms. The van der Waals surface area contributed by atoms with Gasteiger partial charge in [-0.25, -0.2) is 4.98 Å². The minimum absolute atomic E-state index is 0.00257. The minimum atomic E-state index is 0.00257. The lowest BCUT2D eigenvalue weighted by Gasteiger charge is -2.08. The van der Waals surface area contributed by atoms with E-state index in [9.17, 15) is 4.79 Å². The molecule has 0 fully saturated rings. The van der Waals surface area contributed by atoms with Crippen molar-refractivity contribution in [2.75, 3.05) is 13.7 Å². The molecule has 106 valence electrons. The van der Waals surface area contributed by atoms with Gasteiger partial charge in [-0.15, -0.1) is 11.3 Å². The zero-order valence-electron chi connectivity index (χ0n) is 11.7. The Balaban J connectivity index is 1.80. The summed E-state index contributed by atoms with van der Waals surface area (Å²) in [6.45, 7) is 2.58. The van der Waals surface area contributed by atoms with Gasteiger partial charge in [-0.2, -0.15) is 0 Å². The topological polar surface area (TPSA) is 51.2 Å². The van der Waals surface area contributed by atoms with Gasteiger partial charge in [-0.05, 0) is 13.0 Å². The van der Waals surface area contributed by atoms with Crippen LogP contribution < -0.4 is 10.1 Å². The highest BCUT2D eigenvalue weighted by molar-refractivity contribution is 7.09. The summed E-state index contributed by atoms with van der Waals surface area (Å²) in [7, 11) is 1.61. The van der Waals surface area contributed by atoms with Gasteiger partial charge in [-0.1, -0.05) is 18.2 Å². The van der Waals surface area contributed by atoms with Gasteiger partial charge in [-0.3, -0.25) is 4.79 Å². The number of benzene rings is 1. The van der Waals surface area contributed by atoms with Crippen LogP contribution in [0.5, 0.6) is 5.75 Å².